The number of anilines is 1. The van der Waals surface area contributed by atoms with E-state index in [9.17, 15) is 4.79 Å². The van der Waals surface area contributed by atoms with E-state index in [1.54, 1.807) is 23.4 Å². The van der Waals surface area contributed by atoms with Gasteiger partial charge in [-0.3, -0.25) is 14.3 Å². The molecule has 2 N–H and O–H groups in total. The van der Waals surface area contributed by atoms with Crippen molar-refractivity contribution in [3.63, 3.8) is 0 Å². The lowest BCUT2D eigenvalue weighted by Crippen LogP contribution is -2.44. The Morgan fingerprint density at radius 3 is 2.63 bits per heavy atom. The van der Waals surface area contributed by atoms with Gasteiger partial charge in [0.15, 0.2) is 0 Å². The summed E-state index contributed by atoms with van der Waals surface area (Å²) >= 11 is 0. The lowest BCUT2D eigenvalue weighted by Gasteiger charge is -2.31. The van der Waals surface area contributed by atoms with E-state index in [4.69, 9.17) is 10.7 Å². The van der Waals surface area contributed by atoms with Gasteiger partial charge in [-0.2, -0.15) is 0 Å². The molecule has 1 fully saturated rings. The van der Waals surface area contributed by atoms with E-state index in [1.165, 1.54) is 0 Å². The number of piperidine rings is 1. The SMILES string of the molecule is CC#CCn1c(C(=O)N(C)Cc2nc3ccccc3c3ccccc23)nnc1N1CCCC(N)C1. The molecule has 8 heteroatoms. The summed E-state index contributed by atoms with van der Waals surface area (Å²) in [7, 11) is 1.77. The van der Waals surface area contributed by atoms with E-state index in [-0.39, 0.29) is 17.8 Å². The summed E-state index contributed by atoms with van der Waals surface area (Å²) in [6, 6.07) is 16.3. The Morgan fingerprint density at radius 1 is 1.11 bits per heavy atom. The predicted octanol–water partition coefficient (Wildman–Crippen LogP) is 3.20. The summed E-state index contributed by atoms with van der Waals surface area (Å²) < 4.78 is 1.80. The molecule has 1 saturated heterocycles. The first-order valence-electron chi connectivity index (χ1n) is 11.9. The van der Waals surface area contributed by atoms with Crippen molar-refractivity contribution in [1.29, 1.82) is 0 Å². The second-order valence-corrected chi connectivity index (χ2v) is 8.97. The van der Waals surface area contributed by atoms with Gasteiger partial charge in [-0.1, -0.05) is 48.4 Å². The average molecular weight is 468 g/mol. The summed E-state index contributed by atoms with van der Waals surface area (Å²) in [6.45, 7) is 4.00. The molecule has 1 unspecified atom stereocenters. The number of carbonyl (C=O) groups is 1. The van der Waals surface area contributed by atoms with Crippen LogP contribution in [0.3, 0.4) is 0 Å². The molecule has 0 bridgehead atoms. The number of fused-ring (bicyclic) bond motifs is 3. The van der Waals surface area contributed by atoms with Gasteiger partial charge in [0.25, 0.3) is 5.91 Å². The van der Waals surface area contributed by atoms with Crippen LogP contribution in [0.5, 0.6) is 0 Å². The Bertz CT molecular complexity index is 1450. The number of amides is 1. The summed E-state index contributed by atoms with van der Waals surface area (Å²) in [4.78, 5) is 22.2. The van der Waals surface area contributed by atoms with Crippen molar-refractivity contribution < 1.29 is 4.79 Å². The van der Waals surface area contributed by atoms with Crippen molar-refractivity contribution >= 4 is 33.5 Å². The number of hydrogen-bond donors (Lipinski definition) is 1. The van der Waals surface area contributed by atoms with Crippen molar-refractivity contribution in [2.24, 2.45) is 5.73 Å². The predicted molar refractivity (Wildman–Crippen MR) is 138 cm³/mol. The molecule has 35 heavy (non-hydrogen) atoms. The summed E-state index contributed by atoms with van der Waals surface area (Å²) in [5, 5.41) is 11.9. The molecule has 1 atom stereocenters. The Labute approximate surface area is 204 Å². The number of aromatic nitrogens is 4. The molecular formula is C27H29N7O. The fourth-order valence-corrected chi connectivity index (χ4v) is 4.74. The van der Waals surface area contributed by atoms with E-state index in [2.05, 4.69) is 45.1 Å². The smallest absolute Gasteiger partial charge is 0.291 e. The molecule has 1 aliphatic heterocycles. The molecule has 2 aromatic carbocycles. The van der Waals surface area contributed by atoms with E-state index >= 15 is 0 Å². The van der Waals surface area contributed by atoms with Gasteiger partial charge < -0.3 is 15.5 Å². The highest BCUT2D eigenvalue weighted by Gasteiger charge is 2.27. The minimum Gasteiger partial charge on any atom is -0.339 e. The molecular weight excluding hydrogens is 438 g/mol. The van der Waals surface area contributed by atoms with Gasteiger partial charge in [0, 0.05) is 37.0 Å². The number of pyridine rings is 1. The minimum absolute atomic E-state index is 0.0836. The summed E-state index contributed by atoms with van der Waals surface area (Å²) in [5.41, 5.74) is 7.94. The fourth-order valence-electron chi connectivity index (χ4n) is 4.74. The number of nitrogens with zero attached hydrogens (tertiary/aromatic N) is 6. The van der Waals surface area contributed by atoms with Crippen molar-refractivity contribution in [2.45, 2.75) is 38.9 Å². The molecule has 1 aliphatic rings. The van der Waals surface area contributed by atoms with Crippen LogP contribution in [-0.2, 0) is 13.1 Å². The lowest BCUT2D eigenvalue weighted by molar-refractivity contribution is 0.0767. The molecule has 1 amide bonds. The highest BCUT2D eigenvalue weighted by Crippen LogP contribution is 2.27. The number of carbonyl (C=O) groups excluding carboxylic acids is 1. The zero-order chi connectivity index (χ0) is 24.4. The average Bonchev–Trinajstić information content (AvgIpc) is 3.31. The zero-order valence-electron chi connectivity index (χ0n) is 20.1. The van der Waals surface area contributed by atoms with Gasteiger partial charge in [0.1, 0.15) is 0 Å². The molecule has 0 saturated carbocycles. The van der Waals surface area contributed by atoms with E-state index in [0.29, 0.717) is 25.6 Å². The highest BCUT2D eigenvalue weighted by atomic mass is 16.2. The molecule has 3 heterocycles. The van der Waals surface area contributed by atoms with Crippen LogP contribution >= 0.6 is 0 Å². The van der Waals surface area contributed by atoms with E-state index in [0.717, 1.165) is 46.8 Å². The summed E-state index contributed by atoms with van der Waals surface area (Å²) in [5.74, 6) is 6.67. The molecule has 8 nitrogen and oxygen atoms in total. The second-order valence-electron chi connectivity index (χ2n) is 8.97. The Morgan fingerprint density at radius 2 is 1.86 bits per heavy atom. The monoisotopic (exact) mass is 467 g/mol. The maximum Gasteiger partial charge on any atom is 0.291 e. The first kappa shape index (κ1) is 22.8. The molecule has 0 spiro atoms. The molecule has 5 rings (SSSR count). The number of para-hydroxylation sites is 1. The number of hydrogen-bond acceptors (Lipinski definition) is 6. The van der Waals surface area contributed by atoms with Crippen LogP contribution in [0.4, 0.5) is 5.95 Å². The fraction of sp³-hybridized carbons (Fsp3) is 0.333. The summed E-state index contributed by atoms with van der Waals surface area (Å²) in [6.07, 6.45) is 1.97. The van der Waals surface area contributed by atoms with Crippen molar-refractivity contribution in [2.75, 3.05) is 25.0 Å². The van der Waals surface area contributed by atoms with Crippen LogP contribution in [-0.4, -0.2) is 56.7 Å². The van der Waals surface area contributed by atoms with Crippen LogP contribution in [0.15, 0.2) is 48.5 Å². The molecule has 0 aliphatic carbocycles. The van der Waals surface area contributed by atoms with Crippen LogP contribution in [0.1, 0.15) is 36.1 Å². The van der Waals surface area contributed by atoms with Crippen LogP contribution < -0.4 is 10.6 Å². The number of nitrogens with two attached hydrogens (primary N) is 1. The first-order chi connectivity index (χ1) is 17.1. The maximum atomic E-state index is 13.6. The van der Waals surface area contributed by atoms with Crippen molar-refractivity contribution in [3.8, 4) is 11.8 Å². The zero-order valence-corrected chi connectivity index (χ0v) is 20.1. The standard InChI is InChI=1S/C27H29N7O/c1-3-4-16-34-25(30-31-27(34)33-15-9-10-19(28)17-33)26(35)32(2)18-24-22-13-6-5-11-20(22)21-12-7-8-14-23(21)29-24/h5-8,11-14,19H,9-10,15-18,28H2,1-2H3. The van der Waals surface area contributed by atoms with Crippen LogP contribution in [0, 0.1) is 11.8 Å². The van der Waals surface area contributed by atoms with Crippen LogP contribution in [0.25, 0.3) is 21.7 Å². The second kappa shape index (κ2) is 9.72. The minimum atomic E-state index is -0.220. The Balaban J connectivity index is 1.48. The molecule has 2 aromatic heterocycles. The van der Waals surface area contributed by atoms with Gasteiger partial charge in [0.2, 0.25) is 11.8 Å². The topological polar surface area (TPSA) is 93.2 Å². The third kappa shape index (κ3) is 4.43. The van der Waals surface area contributed by atoms with E-state index < -0.39 is 0 Å². The quantitative estimate of drug-likeness (QED) is 0.358. The van der Waals surface area contributed by atoms with Gasteiger partial charge >= 0.3 is 0 Å². The molecule has 4 aromatic rings. The Hall–Kier alpha value is -3.96. The van der Waals surface area contributed by atoms with Gasteiger partial charge in [-0.05, 0) is 31.2 Å². The molecule has 178 valence electrons. The lowest BCUT2D eigenvalue weighted by atomic mass is 10.0. The van der Waals surface area contributed by atoms with Gasteiger partial charge in [-0.15, -0.1) is 16.1 Å². The Kier molecular flexibility index (Phi) is 6.34. The van der Waals surface area contributed by atoms with Gasteiger partial charge in [0.05, 0.1) is 24.3 Å². The normalized spacial score (nSPS) is 15.7. The van der Waals surface area contributed by atoms with Crippen LogP contribution in [0.2, 0.25) is 0 Å². The van der Waals surface area contributed by atoms with E-state index in [1.807, 2.05) is 30.3 Å². The van der Waals surface area contributed by atoms with Gasteiger partial charge in [-0.25, -0.2) is 0 Å². The third-order valence-electron chi connectivity index (χ3n) is 6.50. The highest BCUT2D eigenvalue weighted by molar-refractivity contribution is 6.06. The number of benzene rings is 2. The molecule has 0 radical (unpaired) electrons. The number of rotatable bonds is 5. The first-order valence-corrected chi connectivity index (χ1v) is 11.9. The maximum absolute atomic E-state index is 13.6. The van der Waals surface area contributed by atoms with Crippen molar-refractivity contribution in [3.05, 3.63) is 60.0 Å². The largest absolute Gasteiger partial charge is 0.339 e. The third-order valence-corrected chi connectivity index (χ3v) is 6.50. The van der Waals surface area contributed by atoms with Crippen molar-refractivity contribution in [1.82, 2.24) is 24.6 Å².